The van der Waals surface area contributed by atoms with Gasteiger partial charge in [0.2, 0.25) is 5.91 Å². The molecular weight excluding hydrogens is 336 g/mol. The van der Waals surface area contributed by atoms with Crippen molar-refractivity contribution in [2.24, 2.45) is 0 Å². The van der Waals surface area contributed by atoms with E-state index in [0.717, 1.165) is 20.9 Å². The van der Waals surface area contributed by atoms with Gasteiger partial charge in [-0.1, -0.05) is 18.2 Å². The number of carbonyl (C=O) groups excluding carboxylic acids is 1. The largest absolute Gasteiger partial charge is 0.384 e. The number of thiophene rings is 1. The molecule has 1 aliphatic heterocycles. The lowest BCUT2D eigenvalue weighted by molar-refractivity contribution is -0.121. The zero-order chi connectivity index (χ0) is 13.9. The highest BCUT2D eigenvalue weighted by Crippen LogP contribution is 2.33. The van der Waals surface area contributed by atoms with E-state index in [1.807, 2.05) is 24.3 Å². The first-order valence-corrected chi connectivity index (χ1v) is 8.17. The van der Waals surface area contributed by atoms with Crippen LogP contribution in [-0.4, -0.2) is 12.5 Å². The maximum absolute atomic E-state index is 12.0. The molecule has 1 aromatic heterocycles. The Bertz CT molecular complexity index is 626. The number of benzene rings is 1. The highest BCUT2D eigenvalue weighted by Gasteiger charge is 2.23. The lowest BCUT2D eigenvalue weighted by atomic mass is 9.97. The van der Waals surface area contributed by atoms with E-state index in [4.69, 9.17) is 0 Å². The molecule has 1 aromatic carbocycles. The average molecular weight is 351 g/mol. The molecule has 1 unspecified atom stereocenters. The van der Waals surface area contributed by atoms with E-state index in [9.17, 15) is 4.79 Å². The number of nitrogens with one attached hydrogen (secondary N) is 2. The second-order valence-electron chi connectivity index (χ2n) is 4.85. The Morgan fingerprint density at radius 3 is 3.00 bits per heavy atom. The van der Waals surface area contributed by atoms with Crippen LogP contribution in [0.1, 0.15) is 22.8 Å². The van der Waals surface area contributed by atoms with Gasteiger partial charge in [-0.15, -0.1) is 11.3 Å². The third-order valence-electron chi connectivity index (χ3n) is 3.46. The van der Waals surface area contributed by atoms with E-state index < -0.39 is 0 Å². The van der Waals surface area contributed by atoms with Crippen LogP contribution in [0.5, 0.6) is 0 Å². The van der Waals surface area contributed by atoms with Gasteiger partial charge in [0.15, 0.2) is 0 Å². The van der Waals surface area contributed by atoms with E-state index >= 15 is 0 Å². The highest BCUT2D eigenvalue weighted by molar-refractivity contribution is 9.11. The Labute approximate surface area is 130 Å². The molecule has 104 valence electrons. The van der Waals surface area contributed by atoms with Gasteiger partial charge in [-0.05, 0) is 39.7 Å². The minimum absolute atomic E-state index is 0.109. The summed E-state index contributed by atoms with van der Waals surface area (Å²) in [6.45, 7) is 1.45. The van der Waals surface area contributed by atoms with E-state index in [2.05, 4.69) is 38.7 Å². The third kappa shape index (κ3) is 3.04. The van der Waals surface area contributed by atoms with Gasteiger partial charge >= 0.3 is 0 Å². The van der Waals surface area contributed by atoms with Crippen LogP contribution in [-0.2, 0) is 11.3 Å². The highest BCUT2D eigenvalue weighted by atomic mass is 79.9. The number of rotatable bonds is 4. The smallest absolute Gasteiger partial charge is 0.220 e. The maximum atomic E-state index is 12.0. The molecule has 0 bridgehead atoms. The van der Waals surface area contributed by atoms with Crippen LogP contribution in [0, 0.1) is 0 Å². The first kappa shape index (κ1) is 13.6. The molecule has 3 rings (SSSR count). The van der Waals surface area contributed by atoms with Crippen molar-refractivity contribution >= 4 is 38.9 Å². The van der Waals surface area contributed by atoms with Crippen molar-refractivity contribution in [2.45, 2.75) is 18.9 Å². The maximum Gasteiger partial charge on any atom is 0.220 e. The second kappa shape index (κ2) is 5.97. The van der Waals surface area contributed by atoms with Crippen LogP contribution in [0.25, 0.3) is 0 Å². The van der Waals surface area contributed by atoms with Crippen molar-refractivity contribution in [2.75, 3.05) is 11.9 Å². The molecule has 0 saturated heterocycles. The van der Waals surface area contributed by atoms with Crippen LogP contribution in [0.15, 0.2) is 40.2 Å². The van der Waals surface area contributed by atoms with E-state index in [0.29, 0.717) is 13.0 Å². The lowest BCUT2D eigenvalue weighted by Gasteiger charge is -2.10. The van der Waals surface area contributed by atoms with Crippen molar-refractivity contribution in [3.05, 3.63) is 50.6 Å². The quantitative estimate of drug-likeness (QED) is 0.881. The summed E-state index contributed by atoms with van der Waals surface area (Å²) in [6.07, 6.45) is 0.538. The lowest BCUT2D eigenvalue weighted by Crippen LogP contribution is -2.24. The number of halogens is 1. The van der Waals surface area contributed by atoms with Gasteiger partial charge in [0.1, 0.15) is 0 Å². The van der Waals surface area contributed by atoms with Crippen molar-refractivity contribution in [3.8, 4) is 0 Å². The molecule has 0 spiro atoms. The molecule has 1 amide bonds. The number of carbonyl (C=O) groups is 1. The fourth-order valence-corrected chi connectivity index (χ4v) is 3.89. The zero-order valence-electron chi connectivity index (χ0n) is 10.9. The molecule has 2 N–H and O–H groups in total. The first-order chi connectivity index (χ1) is 9.72. The van der Waals surface area contributed by atoms with Crippen LogP contribution in [0.4, 0.5) is 5.69 Å². The summed E-state index contributed by atoms with van der Waals surface area (Å²) in [7, 11) is 0. The van der Waals surface area contributed by atoms with E-state index in [1.54, 1.807) is 11.3 Å². The average Bonchev–Trinajstić information content (AvgIpc) is 3.04. The van der Waals surface area contributed by atoms with Crippen molar-refractivity contribution in [1.29, 1.82) is 0 Å². The summed E-state index contributed by atoms with van der Waals surface area (Å²) in [5.74, 6) is 0.388. The first-order valence-electron chi connectivity index (χ1n) is 6.56. The molecule has 1 atom stereocenters. The molecule has 2 aromatic rings. The summed E-state index contributed by atoms with van der Waals surface area (Å²) in [6, 6.07) is 12.2. The van der Waals surface area contributed by atoms with Crippen molar-refractivity contribution in [1.82, 2.24) is 5.32 Å². The molecule has 0 aliphatic carbocycles. The fraction of sp³-hybridized carbons (Fsp3) is 0.267. The van der Waals surface area contributed by atoms with Gasteiger partial charge in [0, 0.05) is 29.4 Å². The number of fused-ring (bicyclic) bond motifs is 1. The Hall–Kier alpha value is -1.33. The summed E-state index contributed by atoms with van der Waals surface area (Å²) < 4.78 is 1.09. The Balaban J connectivity index is 1.55. The molecule has 0 saturated carbocycles. The predicted molar refractivity (Wildman–Crippen MR) is 86.2 cm³/mol. The normalized spacial score (nSPS) is 16.6. The van der Waals surface area contributed by atoms with Crippen molar-refractivity contribution < 1.29 is 4.79 Å². The SMILES string of the molecule is O=C(CC1CNc2ccccc21)NCc1ccc(Br)s1. The number of hydrogen-bond donors (Lipinski definition) is 2. The van der Waals surface area contributed by atoms with Crippen LogP contribution >= 0.6 is 27.3 Å². The van der Waals surface area contributed by atoms with Gasteiger partial charge in [0.25, 0.3) is 0 Å². The summed E-state index contributed by atoms with van der Waals surface area (Å²) in [5, 5.41) is 6.34. The molecule has 2 heterocycles. The number of para-hydroxylation sites is 1. The summed E-state index contributed by atoms with van der Waals surface area (Å²) in [4.78, 5) is 13.2. The Morgan fingerprint density at radius 1 is 1.35 bits per heavy atom. The molecule has 3 nitrogen and oxygen atoms in total. The zero-order valence-corrected chi connectivity index (χ0v) is 13.3. The molecular formula is C15H15BrN2OS. The van der Waals surface area contributed by atoms with Crippen molar-refractivity contribution in [3.63, 3.8) is 0 Å². The number of anilines is 1. The standard InChI is InChI=1S/C15H15BrN2OS/c16-14-6-5-11(20-14)9-18-15(19)7-10-8-17-13-4-2-1-3-12(10)13/h1-6,10,17H,7-9H2,(H,18,19). The van der Waals surface area contributed by atoms with Gasteiger partial charge in [-0.25, -0.2) is 0 Å². The minimum atomic E-state index is 0.109. The van der Waals surface area contributed by atoms with Crippen LogP contribution in [0.2, 0.25) is 0 Å². The monoisotopic (exact) mass is 350 g/mol. The van der Waals surface area contributed by atoms with Gasteiger partial charge < -0.3 is 10.6 Å². The van der Waals surface area contributed by atoms with Gasteiger partial charge in [-0.2, -0.15) is 0 Å². The van der Waals surface area contributed by atoms with Crippen LogP contribution in [0.3, 0.4) is 0 Å². The van der Waals surface area contributed by atoms with E-state index in [1.165, 1.54) is 5.56 Å². The van der Waals surface area contributed by atoms with E-state index in [-0.39, 0.29) is 11.8 Å². The summed E-state index contributed by atoms with van der Waals surface area (Å²) >= 11 is 5.08. The summed E-state index contributed by atoms with van der Waals surface area (Å²) in [5.41, 5.74) is 2.41. The molecule has 0 fully saturated rings. The number of amides is 1. The molecule has 5 heteroatoms. The van der Waals surface area contributed by atoms with Gasteiger partial charge in [-0.3, -0.25) is 4.79 Å². The molecule has 1 aliphatic rings. The minimum Gasteiger partial charge on any atom is -0.384 e. The fourth-order valence-electron chi connectivity index (χ4n) is 2.47. The Kier molecular flexibility index (Phi) is 4.08. The Morgan fingerprint density at radius 2 is 2.20 bits per heavy atom. The molecule has 20 heavy (non-hydrogen) atoms. The second-order valence-corrected chi connectivity index (χ2v) is 7.40. The van der Waals surface area contributed by atoms with Gasteiger partial charge in [0.05, 0.1) is 10.3 Å². The van der Waals surface area contributed by atoms with Crippen LogP contribution < -0.4 is 10.6 Å². The topological polar surface area (TPSA) is 41.1 Å². The number of hydrogen-bond acceptors (Lipinski definition) is 3. The third-order valence-corrected chi connectivity index (χ3v) is 5.08. The predicted octanol–water partition coefficient (Wildman–Crippen LogP) is 3.73. The molecule has 0 radical (unpaired) electrons.